The zero-order valence-corrected chi connectivity index (χ0v) is 10.5. The first-order valence-electron chi connectivity index (χ1n) is 4.81. The molecule has 2 aromatic rings. The van der Waals surface area contributed by atoms with Crippen molar-refractivity contribution < 1.29 is 4.39 Å². The molecule has 1 aromatic carbocycles. The first kappa shape index (κ1) is 11.7. The van der Waals surface area contributed by atoms with Crippen LogP contribution in [0.25, 0.3) is 11.4 Å². The summed E-state index contributed by atoms with van der Waals surface area (Å²) in [7, 11) is 0. The van der Waals surface area contributed by atoms with Crippen LogP contribution in [-0.4, -0.2) is 9.97 Å². The van der Waals surface area contributed by atoms with Crippen molar-refractivity contribution in [1.82, 2.24) is 9.97 Å². The van der Waals surface area contributed by atoms with Gasteiger partial charge in [-0.3, -0.25) is 0 Å². The van der Waals surface area contributed by atoms with Gasteiger partial charge in [0.15, 0.2) is 5.82 Å². The van der Waals surface area contributed by atoms with Crippen molar-refractivity contribution in [1.29, 1.82) is 5.26 Å². The number of hydrogen-bond donors (Lipinski definition) is 0. The normalized spacial score (nSPS) is 10.0. The zero-order valence-electron chi connectivity index (χ0n) is 8.91. The van der Waals surface area contributed by atoms with Gasteiger partial charge in [-0.25, -0.2) is 14.4 Å². The standard InChI is InChI=1S/C12H7BrFN3/c1-7-4-9(6-15)17-12(16-7)10-5-8(13)2-3-11(10)14/h2-5H,1H3. The number of aryl methyl sites for hydroxylation is 1. The molecule has 5 heteroatoms. The van der Waals surface area contributed by atoms with Gasteiger partial charge in [-0.05, 0) is 31.2 Å². The summed E-state index contributed by atoms with van der Waals surface area (Å²) >= 11 is 3.26. The van der Waals surface area contributed by atoms with E-state index in [-0.39, 0.29) is 17.1 Å². The lowest BCUT2D eigenvalue weighted by Gasteiger charge is -2.04. The van der Waals surface area contributed by atoms with E-state index in [0.717, 1.165) is 4.47 Å². The lowest BCUT2D eigenvalue weighted by Crippen LogP contribution is -1.97. The third-order valence-corrected chi connectivity index (χ3v) is 2.63. The predicted octanol–water partition coefficient (Wildman–Crippen LogP) is 3.23. The second kappa shape index (κ2) is 4.60. The number of nitriles is 1. The van der Waals surface area contributed by atoms with E-state index in [1.54, 1.807) is 25.1 Å². The number of aromatic nitrogens is 2. The Labute approximate surface area is 106 Å². The summed E-state index contributed by atoms with van der Waals surface area (Å²) in [5.74, 6) is -0.192. The molecule has 0 saturated heterocycles. The molecule has 0 unspecified atom stereocenters. The molecule has 2 rings (SSSR count). The summed E-state index contributed by atoms with van der Waals surface area (Å²) in [6, 6.07) is 8.00. The SMILES string of the molecule is Cc1cc(C#N)nc(-c2cc(Br)ccc2F)n1. The molecule has 0 saturated carbocycles. The summed E-state index contributed by atoms with van der Waals surface area (Å²) in [5.41, 5.74) is 1.14. The molecule has 1 heterocycles. The highest BCUT2D eigenvalue weighted by molar-refractivity contribution is 9.10. The van der Waals surface area contributed by atoms with Crippen molar-refractivity contribution in [3.05, 3.63) is 45.9 Å². The topological polar surface area (TPSA) is 49.6 Å². The Morgan fingerprint density at radius 3 is 2.76 bits per heavy atom. The summed E-state index contributed by atoms with van der Waals surface area (Å²) in [6.07, 6.45) is 0. The minimum atomic E-state index is -0.414. The van der Waals surface area contributed by atoms with Gasteiger partial charge >= 0.3 is 0 Å². The number of halogens is 2. The quantitative estimate of drug-likeness (QED) is 0.810. The Bertz CT molecular complexity index is 620. The van der Waals surface area contributed by atoms with Crippen molar-refractivity contribution in [2.45, 2.75) is 6.92 Å². The van der Waals surface area contributed by atoms with Crippen LogP contribution in [0.4, 0.5) is 4.39 Å². The highest BCUT2D eigenvalue weighted by Gasteiger charge is 2.10. The van der Waals surface area contributed by atoms with Crippen LogP contribution in [0.1, 0.15) is 11.4 Å². The first-order chi connectivity index (χ1) is 8.10. The molecule has 0 radical (unpaired) electrons. The van der Waals surface area contributed by atoms with Crippen molar-refractivity contribution in [3.63, 3.8) is 0 Å². The molecular weight excluding hydrogens is 285 g/mol. The minimum absolute atomic E-state index is 0.223. The van der Waals surface area contributed by atoms with E-state index < -0.39 is 5.82 Å². The second-order valence-electron chi connectivity index (χ2n) is 3.45. The van der Waals surface area contributed by atoms with Gasteiger partial charge in [0.05, 0.1) is 5.56 Å². The lowest BCUT2D eigenvalue weighted by atomic mass is 10.2. The molecule has 0 atom stereocenters. The van der Waals surface area contributed by atoms with Crippen LogP contribution < -0.4 is 0 Å². The van der Waals surface area contributed by atoms with Gasteiger partial charge in [-0.15, -0.1) is 0 Å². The van der Waals surface area contributed by atoms with E-state index in [9.17, 15) is 4.39 Å². The monoisotopic (exact) mass is 291 g/mol. The minimum Gasteiger partial charge on any atom is -0.233 e. The second-order valence-corrected chi connectivity index (χ2v) is 4.37. The molecule has 0 aliphatic heterocycles. The third kappa shape index (κ3) is 2.48. The molecule has 0 amide bonds. The molecule has 1 aromatic heterocycles. The number of nitrogens with zero attached hydrogens (tertiary/aromatic N) is 3. The van der Waals surface area contributed by atoms with Crippen LogP contribution in [0.15, 0.2) is 28.7 Å². The summed E-state index contributed by atoms with van der Waals surface area (Å²) < 4.78 is 14.4. The largest absolute Gasteiger partial charge is 0.233 e. The highest BCUT2D eigenvalue weighted by atomic mass is 79.9. The Morgan fingerprint density at radius 2 is 2.06 bits per heavy atom. The van der Waals surface area contributed by atoms with E-state index in [0.29, 0.717) is 5.69 Å². The number of hydrogen-bond acceptors (Lipinski definition) is 3. The highest BCUT2D eigenvalue weighted by Crippen LogP contribution is 2.23. The van der Waals surface area contributed by atoms with Gasteiger partial charge in [0.1, 0.15) is 17.6 Å². The van der Waals surface area contributed by atoms with E-state index in [1.807, 2.05) is 6.07 Å². The Balaban J connectivity index is 2.64. The van der Waals surface area contributed by atoms with Gasteiger partial charge in [0.2, 0.25) is 0 Å². The molecular formula is C12H7BrFN3. The Kier molecular flexibility index (Phi) is 3.16. The maximum absolute atomic E-state index is 13.6. The average Bonchev–Trinajstić information content (AvgIpc) is 2.31. The van der Waals surface area contributed by atoms with Crippen molar-refractivity contribution in [2.24, 2.45) is 0 Å². The van der Waals surface area contributed by atoms with E-state index in [2.05, 4.69) is 25.9 Å². The van der Waals surface area contributed by atoms with E-state index >= 15 is 0 Å². The third-order valence-electron chi connectivity index (χ3n) is 2.14. The van der Waals surface area contributed by atoms with Crippen LogP contribution in [0.2, 0.25) is 0 Å². The molecule has 0 bridgehead atoms. The molecule has 17 heavy (non-hydrogen) atoms. The maximum atomic E-state index is 13.6. The van der Waals surface area contributed by atoms with Crippen molar-refractivity contribution in [3.8, 4) is 17.5 Å². The Morgan fingerprint density at radius 1 is 1.29 bits per heavy atom. The zero-order chi connectivity index (χ0) is 12.4. The fraction of sp³-hybridized carbons (Fsp3) is 0.0833. The predicted molar refractivity (Wildman–Crippen MR) is 64.6 cm³/mol. The van der Waals surface area contributed by atoms with Crippen molar-refractivity contribution >= 4 is 15.9 Å². The molecule has 0 spiro atoms. The van der Waals surface area contributed by atoms with Gasteiger partial charge in [-0.1, -0.05) is 15.9 Å². The fourth-order valence-corrected chi connectivity index (χ4v) is 1.78. The van der Waals surface area contributed by atoms with Gasteiger partial charge in [-0.2, -0.15) is 5.26 Å². The van der Waals surface area contributed by atoms with Crippen LogP contribution >= 0.6 is 15.9 Å². The van der Waals surface area contributed by atoms with Crippen LogP contribution in [0.5, 0.6) is 0 Å². The average molecular weight is 292 g/mol. The lowest BCUT2D eigenvalue weighted by molar-refractivity contribution is 0.629. The number of rotatable bonds is 1. The van der Waals surface area contributed by atoms with E-state index in [1.165, 1.54) is 6.07 Å². The molecule has 0 N–H and O–H groups in total. The van der Waals surface area contributed by atoms with E-state index in [4.69, 9.17) is 5.26 Å². The molecule has 84 valence electrons. The molecule has 0 fully saturated rings. The van der Waals surface area contributed by atoms with Crippen LogP contribution in [0, 0.1) is 24.1 Å². The van der Waals surface area contributed by atoms with Crippen molar-refractivity contribution in [2.75, 3.05) is 0 Å². The fourth-order valence-electron chi connectivity index (χ4n) is 1.42. The summed E-state index contributed by atoms with van der Waals surface area (Å²) in [4.78, 5) is 8.12. The van der Waals surface area contributed by atoms with Gasteiger partial charge < -0.3 is 0 Å². The molecule has 0 aliphatic carbocycles. The van der Waals surface area contributed by atoms with Gasteiger partial charge in [0.25, 0.3) is 0 Å². The Hall–Kier alpha value is -1.80. The van der Waals surface area contributed by atoms with Crippen LogP contribution in [-0.2, 0) is 0 Å². The first-order valence-corrected chi connectivity index (χ1v) is 5.60. The van der Waals surface area contributed by atoms with Crippen LogP contribution in [0.3, 0.4) is 0 Å². The number of benzene rings is 1. The molecule has 0 aliphatic rings. The molecule has 3 nitrogen and oxygen atoms in total. The smallest absolute Gasteiger partial charge is 0.163 e. The summed E-state index contributed by atoms with van der Waals surface area (Å²) in [6.45, 7) is 1.74. The van der Waals surface area contributed by atoms with Gasteiger partial charge in [0, 0.05) is 10.2 Å². The summed E-state index contributed by atoms with van der Waals surface area (Å²) in [5, 5.41) is 8.81. The maximum Gasteiger partial charge on any atom is 0.163 e.